The van der Waals surface area contributed by atoms with Gasteiger partial charge in [0.05, 0.1) is 5.75 Å². The first-order chi connectivity index (χ1) is 15.9. The van der Waals surface area contributed by atoms with Crippen molar-refractivity contribution in [3.63, 3.8) is 0 Å². The van der Waals surface area contributed by atoms with Crippen LogP contribution in [0, 0.1) is 0 Å². The molecule has 4 rings (SSSR count). The number of aromatic nitrogens is 4. The normalized spacial score (nSPS) is 11.4. The number of hydrogen-bond acceptors (Lipinski definition) is 6. The predicted octanol–water partition coefficient (Wildman–Crippen LogP) is 5.67. The van der Waals surface area contributed by atoms with Crippen molar-refractivity contribution in [2.75, 3.05) is 5.75 Å². The average Bonchev–Trinajstić information content (AvgIpc) is 3.20. The summed E-state index contributed by atoms with van der Waals surface area (Å²) in [7, 11) is 0. The van der Waals surface area contributed by atoms with Gasteiger partial charge in [0.25, 0.3) is 0 Å². The van der Waals surface area contributed by atoms with Crippen molar-refractivity contribution in [1.82, 2.24) is 19.7 Å². The summed E-state index contributed by atoms with van der Waals surface area (Å²) in [6.45, 7) is -1.26. The molecule has 0 aliphatic carbocycles. The van der Waals surface area contributed by atoms with Crippen LogP contribution < -0.4 is 4.74 Å². The van der Waals surface area contributed by atoms with Crippen LogP contribution in [-0.4, -0.2) is 37.5 Å². The minimum atomic E-state index is -4.47. The van der Waals surface area contributed by atoms with Gasteiger partial charge in [0.15, 0.2) is 16.8 Å². The summed E-state index contributed by atoms with van der Waals surface area (Å²) in [4.78, 5) is 16.5. The zero-order chi connectivity index (χ0) is 23.3. The highest BCUT2D eigenvalue weighted by Crippen LogP contribution is 2.29. The van der Waals surface area contributed by atoms with E-state index in [2.05, 4.69) is 15.2 Å². The van der Waals surface area contributed by atoms with E-state index >= 15 is 0 Å². The largest absolute Gasteiger partial charge is 0.457 e. The lowest BCUT2D eigenvalue weighted by Crippen LogP contribution is -2.19. The molecule has 4 aromatic rings. The Morgan fingerprint density at radius 3 is 2.24 bits per heavy atom. The third-order valence-corrected chi connectivity index (χ3v) is 5.45. The highest BCUT2D eigenvalue weighted by atomic mass is 32.2. The molecule has 10 heteroatoms. The molecule has 0 spiro atoms. The summed E-state index contributed by atoms with van der Waals surface area (Å²) in [5.74, 6) is 0.953. The second-order valence-electron chi connectivity index (χ2n) is 6.89. The molecule has 0 amide bonds. The first-order valence-electron chi connectivity index (χ1n) is 9.78. The second-order valence-corrected chi connectivity index (χ2v) is 7.84. The summed E-state index contributed by atoms with van der Waals surface area (Å²) in [5.41, 5.74) is 0.869. The van der Waals surface area contributed by atoms with Crippen molar-refractivity contribution in [2.45, 2.75) is 17.9 Å². The third-order valence-electron chi connectivity index (χ3n) is 4.48. The van der Waals surface area contributed by atoms with Gasteiger partial charge in [-0.1, -0.05) is 30.0 Å². The molecule has 0 aliphatic heterocycles. The van der Waals surface area contributed by atoms with Crippen molar-refractivity contribution in [3.8, 4) is 22.9 Å². The number of Topliss-reactive ketones (excluding diaryl/α,β-unsaturated/α-hetero) is 1. The summed E-state index contributed by atoms with van der Waals surface area (Å²) in [6, 6.07) is 18.9. The van der Waals surface area contributed by atoms with Crippen molar-refractivity contribution in [2.24, 2.45) is 0 Å². The number of pyridine rings is 1. The van der Waals surface area contributed by atoms with Crippen molar-refractivity contribution < 1.29 is 22.7 Å². The SMILES string of the molecule is O=C(CSc1nnc(-c2ccncc2)n1CC(F)(F)F)c1ccc(Oc2ccccc2)cc1. The Morgan fingerprint density at radius 1 is 0.909 bits per heavy atom. The first-order valence-corrected chi connectivity index (χ1v) is 10.8. The second kappa shape index (κ2) is 9.86. The number of alkyl halides is 3. The molecule has 2 aromatic carbocycles. The number of carbonyl (C=O) groups excluding carboxylic acids is 1. The molecular weight excluding hydrogens is 453 g/mol. The lowest BCUT2D eigenvalue weighted by Gasteiger charge is -2.12. The topological polar surface area (TPSA) is 69.9 Å². The highest BCUT2D eigenvalue weighted by molar-refractivity contribution is 7.99. The summed E-state index contributed by atoms with van der Waals surface area (Å²) in [5, 5.41) is 7.81. The zero-order valence-corrected chi connectivity index (χ0v) is 17.9. The van der Waals surface area contributed by atoms with Gasteiger partial charge in [-0.15, -0.1) is 10.2 Å². The van der Waals surface area contributed by atoms with Gasteiger partial charge in [-0.25, -0.2) is 0 Å². The Kier molecular flexibility index (Phi) is 6.74. The van der Waals surface area contributed by atoms with Crippen LogP contribution in [-0.2, 0) is 6.54 Å². The van der Waals surface area contributed by atoms with E-state index in [0.29, 0.717) is 22.6 Å². The van der Waals surface area contributed by atoms with E-state index in [1.54, 1.807) is 36.4 Å². The van der Waals surface area contributed by atoms with Gasteiger partial charge < -0.3 is 4.74 Å². The fourth-order valence-electron chi connectivity index (χ4n) is 2.98. The Labute approximate surface area is 191 Å². The number of hydrogen-bond donors (Lipinski definition) is 0. The highest BCUT2D eigenvalue weighted by Gasteiger charge is 2.31. The van der Waals surface area contributed by atoms with Crippen LogP contribution in [0.25, 0.3) is 11.4 Å². The number of carbonyl (C=O) groups is 1. The number of nitrogens with zero attached hydrogens (tertiary/aromatic N) is 4. The van der Waals surface area contributed by atoms with Crippen molar-refractivity contribution in [1.29, 1.82) is 0 Å². The van der Waals surface area contributed by atoms with Crippen LogP contribution in [0.1, 0.15) is 10.4 Å². The van der Waals surface area contributed by atoms with E-state index in [9.17, 15) is 18.0 Å². The Morgan fingerprint density at radius 2 is 1.58 bits per heavy atom. The molecule has 2 aromatic heterocycles. The van der Waals surface area contributed by atoms with E-state index in [4.69, 9.17) is 4.74 Å². The summed E-state index contributed by atoms with van der Waals surface area (Å²) in [6.07, 6.45) is -1.55. The van der Waals surface area contributed by atoms with Gasteiger partial charge >= 0.3 is 6.18 Å². The number of benzene rings is 2. The molecule has 168 valence electrons. The quantitative estimate of drug-likeness (QED) is 0.244. The molecule has 0 unspecified atom stereocenters. The first kappa shape index (κ1) is 22.5. The number of ketones is 1. The molecule has 0 saturated heterocycles. The maximum atomic E-state index is 13.2. The van der Waals surface area contributed by atoms with Gasteiger partial charge in [-0.05, 0) is 48.5 Å². The predicted molar refractivity (Wildman–Crippen MR) is 117 cm³/mol. The van der Waals surface area contributed by atoms with Gasteiger partial charge in [0.2, 0.25) is 0 Å². The Hall–Kier alpha value is -3.66. The number of halogens is 3. The maximum Gasteiger partial charge on any atom is 0.406 e. The van der Waals surface area contributed by atoms with E-state index in [0.717, 1.165) is 16.3 Å². The third kappa shape index (κ3) is 5.98. The molecule has 0 N–H and O–H groups in total. The minimum absolute atomic E-state index is 0.0107. The molecular formula is C23H17F3N4O2S. The molecule has 0 aliphatic rings. The number of thioether (sulfide) groups is 1. The van der Waals surface area contributed by atoms with Crippen LogP contribution >= 0.6 is 11.8 Å². The van der Waals surface area contributed by atoms with Crippen molar-refractivity contribution in [3.05, 3.63) is 84.7 Å². The molecule has 0 bridgehead atoms. The zero-order valence-electron chi connectivity index (χ0n) is 17.1. The van der Waals surface area contributed by atoms with Crippen LogP contribution in [0.4, 0.5) is 13.2 Å². The Bertz CT molecular complexity index is 1210. The fourth-order valence-corrected chi connectivity index (χ4v) is 3.81. The summed E-state index contributed by atoms with van der Waals surface area (Å²) >= 11 is 0.906. The lowest BCUT2D eigenvalue weighted by molar-refractivity contribution is -0.141. The smallest absolute Gasteiger partial charge is 0.406 e. The van der Waals surface area contributed by atoms with Crippen LogP contribution in [0.15, 0.2) is 84.3 Å². The van der Waals surface area contributed by atoms with E-state index in [1.165, 1.54) is 12.4 Å². The van der Waals surface area contributed by atoms with Gasteiger partial charge in [-0.3, -0.25) is 14.3 Å². The maximum absolute atomic E-state index is 13.2. The number of rotatable bonds is 8. The molecule has 0 atom stereocenters. The Balaban J connectivity index is 1.46. The van der Waals surface area contributed by atoms with Gasteiger partial charge in [0, 0.05) is 23.5 Å². The van der Waals surface area contributed by atoms with Gasteiger partial charge in [-0.2, -0.15) is 13.2 Å². The van der Waals surface area contributed by atoms with E-state index in [1.807, 2.05) is 30.3 Å². The minimum Gasteiger partial charge on any atom is -0.457 e. The monoisotopic (exact) mass is 470 g/mol. The average molecular weight is 470 g/mol. The lowest BCUT2D eigenvalue weighted by atomic mass is 10.1. The molecule has 0 fully saturated rings. The van der Waals surface area contributed by atoms with Crippen LogP contribution in [0.3, 0.4) is 0 Å². The van der Waals surface area contributed by atoms with Crippen molar-refractivity contribution >= 4 is 17.5 Å². The fraction of sp³-hybridized carbons (Fsp3) is 0.130. The van der Waals surface area contributed by atoms with Gasteiger partial charge in [0.1, 0.15) is 18.0 Å². The summed E-state index contributed by atoms with van der Waals surface area (Å²) < 4.78 is 46.2. The standard InChI is InChI=1S/C23H17F3N4O2S/c24-23(25,26)15-30-21(17-10-12-27-13-11-17)28-29-22(30)33-14-20(31)16-6-8-19(9-7-16)32-18-4-2-1-3-5-18/h1-13H,14-15H2. The molecule has 6 nitrogen and oxygen atoms in total. The van der Waals surface area contributed by atoms with Crippen LogP contribution in [0.5, 0.6) is 11.5 Å². The molecule has 0 saturated carbocycles. The number of para-hydroxylation sites is 1. The molecule has 0 radical (unpaired) electrons. The molecule has 33 heavy (non-hydrogen) atoms. The van der Waals surface area contributed by atoms with Crippen LogP contribution in [0.2, 0.25) is 0 Å². The van der Waals surface area contributed by atoms with E-state index in [-0.39, 0.29) is 22.5 Å². The van der Waals surface area contributed by atoms with E-state index < -0.39 is 12.7 Å². The molecule has 2 heterocycles. The number of ether oxygens (including phenoxy) is 1.